The molecule has 3 heterocycles. The Morgan fingerprint density at radius 1 is 1.28 bits per heavy atom. The van der Waals surface area contributed by atoms with Crippen molar-refractivity contribution in [2.45, 2.75) is 32.2 Å². The van der Waals surface area contributed by atoms with Crippen molar-refractivity contribution in [1.82, 2.24) is 19.2 Å². The molecule has 2 fully saturated rings. The second kappa shape index (κ2) is 8.32. The Bertz CT molecular complexity index is 914. The fourth-order valence-corrected chi connectivity index (χ4v) is 4.85. The van der Waals surface area contributed by atoms with Gasteiger partial charge in [-0.05, 0) is 50.2 Å². The summed E-state index contributed by atoms with van der Waals surface area (Å²) in [4.78, 5) is 33.5. The van der Waals surface area contributed by atoms with Crippen LogP contribution in [0.1, 0.15) is 36.7 Å². The van der Waals surface area contributed by atoms with Gasteiger partial charge in [0.1, 0.15) is 17.9 Å². The quantitative estimate of drug-likeness (QED) is 0.748. The normalized spacial score (nSPS) is 24.0. The molecule has 3 atom stereocenters. The molecule has 156 valence electrons. The zero-order chi connectivity index (χ0) is 20.5. The first-order valence-electron chi connectivity index (χ1n) is 10.2. The summed E-state index contributed by atoms with van der Waals surface area (Å²) in [5.74, 6) is 0.983. The van der Waals surface area contributed by atoms with Crippen LogP contribution in [0, 0.1) is 11.8 Å². The number of piperidine rings is 1. The van der Waals surface area contributed by atoms with Crippen molar-refractivity contribution in [2.24, 2.45) is 11.8 Å². The van der Waals surface area contributed by atoms with Gasteiger partial charge in [0.05, 0.1) is 5.02 Å². The molecule has 7 nitrogen and oxygen atoms in total. The van der Waals surface area contributed by atoms with Gasteiger partial charge in [-0.15, -0.1) is 0 Å². The number of hydrogen-bond donors (Lipinski definition) is 0. The van der Waals surface area contributed by atoms with E-state index in [1.165, 1.54) is 0 Å². The monoisotopic (exact) mass is 418 g/mol. The number of imidazole rings is 1. The van der Waals surface area contributed by atoms with Crippen molar-refractivity contribution >= 4 is 29.1 Å². The van der Waals surface area contributed by atoms with Crippen LogP contribution in [0.25, 0.3) is 5.65 Å². The van der Waals surface area contributed by atoms with Crippen LogP contribution in [-0.2, 0) is 9.53 Å². The molecule has 2 aromatic rings. The fraction of sp³-hybridized carbons (Fsp3) is 0.571. The molecule has 0 spiro atoms. The molecule has 0 bridgehead atoms. The van der Waals surface area contributed by atoms with Crippen molar-refractivity contribution in [1.29, 1.82) is 0 Å². The van der Waals surface area contributed by atoms with Crippen molar-refractivity contribution < 1.29 is 14.3 Å². The number of fused-ring (bicyclic) bond motifs is 2. The van der Waals surface area contributed by atoms with Crippen LogP contribution in [0.3, 0.4) is 0 Å². The first kappa shape index (κ1) is 20.2. The third-order valence-electron chi connectivity index (χ3n) is 6.33. The summed E-state index contributed by atoms with van der Waals surface area (Å²) in [5.41, 5.74) is 1.16. The van der Waals surface area contributed by atoms with Crippen LogP contribution in [-0.4, -0.2) is 70.4 Å². The van der Waals surface area contributed by atoms with Gasteiger partial charge >= 0.3 is 0 Å². The Morgan fingerprint density at radius 3 is 2.86 bits per heavy atom. The maximum Gasteiger partial charge on any atom is 0.274 e. The minimum Gasteiger partial charge on any atom is -0.372 e. The predicted molar refractivity (Wildman–Crippen MR) is 110 cm³/mol. The van der Waals surface area contributed by atoms with E-state index in [9.17, 15) is 9.59 Å². The van der Waals surface area contributed by atoms with E-state index in [1.807, 2.05) is 29.8 Å². The van der Waals surface area contributed by atoms with Crippen LogP contribution in [0.15, 0.2) is 24.5 Å². The smallest absolute Gasteiger partial charge is 0.274 e. The highest BCUT2D eigenvalue weighted by Gasteiger charge is 2.41. The van der Waals surface area contributed by atoms with Gasteiger partial charge in [-0.1, -0.05) is 11.6 Å². The number of carbonyl (C=O) groups is 2. The van der Waals surface area contributed by atoms with Gasteiger partial charge in [-0.25, -0.2) is 4.98 Å². The molecule has 2 aromatic heterocycles. The van der Waals surface area contributed by atoms with Gasteiger partial charge in [-0.2, -0.15) is 0 Å². The van der Waals surface area contributed by atoms with Gasteiger partial charge in [0.2, 0.25) is 5.91 Å². The number of nitrogens with zero attached hydrogens (tertiary/aromatic N) is 4. The largest absolute Gasteiger partial charge is 0.372 e. The Kier molecular flexibility index (Phi) is 5.79. The summed E-state index contributed by atoms with van der Waals surface area (Å²) >= 11 is 6.03. The topological polar surface area (TPSA) is 67.2 Å². The van der Waals surface area contributed by atoms with Crippen molar-refractivity contribution in [3.8, 4) is 0 Å². The number of ether oxygens (including phenoxy) is 1. The van der Waals surface area contributed by atoms with E-state index in [0.717, 1.165) is 32.4 Å². The van der Waals surface area contributed by atoms with Crippen LogP contribution < -0.4 is 0 Å². The highest BCUT2D eigenvalue weighted by Crippen LogP contribution is 2.40. The van der Waals surface area contributed by atoms with Crippen LogP contribution in [0.2, 0.25) is 5.02 Å². The summed E-state index contributed by atoms with van der Waals surface area (Å²) in [6, 6.07) is 3.80. The molecule has 0 aromatic carbocycles. The number of likely N-dealkylation sites (N-methyl/N-ethyl adjacent to an activating group) is 1. The number of pyridine rings is 1. The lowest BCUT2D eigenvalue weighted by molar-refractivity contribution is -0.136. The summed E-state index contributed by atoms with van der Waals surface area (Å²) < 4.78 is 7.05. The Labute approximate surface area is 175 Å². The second-order valence-electron chi connectivity index (χ2n) is 8.07. The average molecular weight is 419 g/mol. The molecule has 0 radical (unpaired) electrons. The molecule has 0 N–H and O–H groups in total. The van der Waals surface area contributed by atoms with Crippen molar-refractivity contribution in [3.63, 3.8) is 0 Å². The third-order valence-corrected chi connectivity index (χ3v) is 6.56. The number of amides is 2. The first-order chi connectivity index (χ1) is 14.0. The first-order valence-corrected chi connectivity index (χ1v) is 10.6. The molecule has 29 heavy (non-hydrogen) atoms. The van der Waals surface area contributed by atoms with Crippen molar-refractivity contribution in [2.75, 3.05) is 33.4 Å². The van der Waals surface area contributed by atoms with Gasteiger partial charge in [0.15, 0.2) is 0 Å². The van der Waals surface area contributed by atoms with Crippen LogP contribution in [0.4, 0.5) is 0 Å². The number of rotatable bonds is 5. The number of hydrogen-bond acceptors (Lipinski definition) is 4. The minimum atomic E-state index is -0.0347. The highest BCUT2D eigenvalue weighted by atomic mass is 35.5. The van der Waals surface area contributed by atoms with E-state index >= 15 is 0 Å². The molecule has 0 unspecified atom stereocenters. The van der Waals surface area contributed by atoms with Gasteiger partial charge < -0.3 is 18.9 Å². The SMILES string of the molecule is CCOCC(=O)N(C)[C@H]1C[C@H]2CCN(C(=O)c3cn4cc(Cl)ccc4n3)C[C@H]2C1. The average Bonchev–Trinajstić information content (AvgIpc) is 3.33. The van der Waals surface area contributed by atoms with Crippen LogP contribution >= 0.6 is 11.6 Å². The van der Waals surface area contributed by atoms with E-state index in [-0.39, 0.29) is 24.5 Å². The number of carbonyl (C=O) groups excluding carboxylic acids is 2. The Morgan fingerprint density at radius 2 is 2.07 bits per heavy atom. The third kappa shape index (κ3) is 4.12. The lowest BCUT2D eigenvalue weighted by Gasteiger charge is -2.34. The van der Waals surface area contributed by atoms with E-state index in [2.05, 4.69) is 4.98 Å². The van der Waals surface area contributed by atoms with Gasteiger partial charge in [0.25, 0.3) is 5.91 Å². The standard InChI is InChI=1S/C21H27ClN4O3/c1-3-29-13-20(27)24(2)17-8-14-6-7-25(10-15(14)9-17)21(28)18-12-26-11-16(22)4-5-19(26)23-18/h4-5,11-12,14-15,17H,3,6-10,13H2,1-2H3/t14-,15-,17+/m1/s1. The number of halogens is 1. The van der Waals surface area contributed by atoms with Gasteiger partial charge in [0, 0.05) is 45.2 Å². The maximum atomic E-state index is 13.0. The van der Waals surface area contributed by atoms with Crippen LogP contribution in [0.5, 0.6) is 0 Å². The molecule has 2 aliphatic rings. The number of likely N-dealkylation sites (tertiary alicyclic amines) is 1. The molecule has 1 aliphatic heterocycles. The lowest BCUT2D eigenvalue weighted by Crippen LogP contribution is -2.42. The Balaban J connectivity index is 1.40. The second-order valence-corrected chi connectivity index (χ2v) is 8.50. The highest BCUT2D eigenvalue weighted by molar-refractivity contribution is 6.30. The fourth-order valence-electron chi connectivity index (χ4n) is 4.68. The summed E-state index contributed by atoms with van der Waals surface area (Å²) in [5, 5.41) is 0.606. The summed E-state index contributed by atoms with van der Waals surface area (Å²) in [7, 11) is 1.87. The molecule has 4 rings (SSSR count). The number of aromatic nitrogens is 2. The molecular formula is C21H27ClN4O3. The van der Waals surface area contributed by atoms with E-state index < -0.39 is 0 Å². The van der Waals surface area contributed by atoms with E-state index in [4.69, 9.17) is 16.3 Å². The van der Waals surface area contributed by atoms with E-state index in [1.54, 1.807) is 22.9 Å². The zero-order valence-electron chi connectivity index (χ0n) is 16.9. The summed E-state index contributed by atoms with van der Waals surface area (Å²) in [6.07, 6.45) is 6.41. The molecular weight excluding hydrogens is 392 g/mol. The van der Waals surface area contributed by atoms with Crippen molar-refractivity contribution in [3.05, 3.63) is 35.2 Å². The minimum absolute atomic E-state index is 0.0341. The van der Waals surface area contributed by atoms with Gasteiger partial charge in [-0.3, -0.25) is 9.59 Å². The molecule has 1 saturated heterocycles. The summed E-state index contributed by atoms with van der Waals surface area (Å²) in [6.45, 7) is 4.03. The molecule has 1 saturated carbocycles. The molecule has 8 heteroatoms. The van der Waals surface area contributed by atoms with E-state index in [0.29, 0.717) is 34.8 Å². The zero-order valence-corrected chi connectivity index (χ0v) is 17.6. The lowest BCUT2D eigenvalue weighted by atomic mass is 9.88. The predicted octanol–water partition coefficient (Wildman–Crippen LogP) is 2.72. The molecule has 1 aliphatic carbocycles. The molecule has 2 amide bonds. The maximum absolute atomic E-state index is 13.0. The Hall–Kier alpha value is -2.12.